The topological polar surface area (TPSA) is 57.9 Å². The van der Waals surface area contributed by atoms with Gasteiger partial charge in [0.05, 0.1) is 16.7 Å². The lowest BCUT2D eigenvalue weighted by Gasteiger charge is -2.02. The number of sulfone groups is 1. The Kier molecular flexibility index (Phi) is 3.51. The Hall–Kier alpha value is -1.31. The number of hydrogen-bond donors (Lipinski definition) is 0. The van der Waals surface area contributed by atoms with Crippen LogP contribution in [0.1, 0.15) is 0 Å². The molecule has 0 atom stereocenters. The van der Waals surface area contributed by atoms with E-state index in [4.69, 9.17) is 16.9 Å². The van der Waals surface area contributed by atoms with Gasteiger partial charge in [-0.15, -0.1) is 0 Å². The maximum Gasteiger partial charge on any atom is 0.183 e. The second kappa shape index (κ2) is 4.47. The van der Waals surface area contributed by atoms with Gasteiger partial charge >= 0.3 is 0 Å². The van der Waals surface area contributed by atoms with Crippen LogP contribution in [0, 0.1) is 11.3 Å². The van der Waals surface area contributed by atoms with Crippen LogP contribution in [0.2, 0.25) is 5.02 Å². The molecule has 0 aliphatic heterocycles. The molecule has 0 radical (unpaired) electrons. The molecular formula is C10H8ClNO2S. The molecule has 0 spiro atoms. The van der Waals surface area contributed by atoms with Crippen molar-refractivity contribution in [3.05, 3.63) is 41.4 Å². The van der Waals surface area contributed by atoms with Crippen molar-refractivity contribution in [3.63, 3.8) is 0 Å². The van der Waals surface area contributed by atoms with Crippen LogP contribution in [0.5, 0.6) is 0 Å². The fourth-order valence-electron chi connectivity index (χ4n) is 0.987. The Morgan fingerprint density at radius 3 is 2.40 bits per heavy atom. The monoisotopic (exact) mass is 241 g/mol. The van der Waals surface area contributed by atoms with E-state index < -0.39 is 9.84 Å². The molecule has 0 bridgehead atoms. The highest BCUT2D eigenvalue weighted by molar-refractivity contribution is 7.91. The number of nitriles is 1. The van der Waals surface area contributed by atoms with E-state index in [-0.39, 0.29) is 16.2 Å². The lowest BCUT2D eigenvalue weighted by Crippen LogP contribution is -2.07. The Morgan fingerprint density at radius 1 is 1.40 bits per heavy atom. The van der Waals surface area contributed by atoms with Gasteiger partial charge in [0.2, 0.25) is 0 Å². The third-order valence-corrected chi connectivity index (χ3v) is 3.67. The molecule has 5 heteroatoms. The Labute approximate surface area is 93.5 Å². The molecule has 0 unspecified atom stereocenters. The van der Waals surface area contributed by atoms with E-state index in [1.165, 1.54) is 24.3 Å². The largest absolute Gasteiger partial charge is 0.223 e. The third-order valence-electron chi connectivity index (χ3n) is 1.70. The van der Waals surface area contributed by atoms with Gasteiger partial charge in [0, 0.05) is 10.6 Å². The Morgan fingerprint density at radius 2 is 1.93 bits per heavy atom. The predicted octanol–water partition coefficient (Wildman–Crippen LogP) is 2.19. The minimum Gasteiger partial charge on any atom is -0.223 e. The minimum atomic E-state index is -3.47. The molecule has 0 amide bonds. The highest BCUT2D eigenvalue weighted by atomic mass is 35.5. The SMILES string of the molecule is C=C(C#N)CS(=O)(=O)c1ccc(Cl)cc1. The summed E-state index contributed by atoms with van der Waals surface area (Å²) >= 11 is 5.63. The van der Waals surface area contributed by atoms with Crippen molar-refractivity contribution >= 4 is 21.4 Å². The average molecular weight is 242 g/mol. The van der Waals surface area contributed by atoms with Crippen molar-refractivity contribution in [2.75, 3.05) is 5.75 Å². The number of benzene rings is 1. The van der Waals surface area contributed by atoms with Gasteiger partial charge in [0.25, 0.3) is 0 Å². The smallest absolute Gasteiger partial charge is 0.183 e. The van der Waals surface area contributed by atoms with Crippen LogP contribution in [0.25, 0.3) is 0 Å². The van der Waals surface area contributed by atoms with Gasteiger partial charge in [-0.05, 0) is 24.3 Å². The van der Waals surface area contributed by atoms with Crippen LogP contribution in [0.15, 0.2) is 41.3 Å². The van der Waals surface area contributed by atoms with Gasteiger partial charge in [-0.2, -0.15) is 5.26 Å². The molecule has 1 aromatic rings. The first-order valence-electron chi connectivity index (χ1n) is 4.02. The average Bonchev–Trinajstić information content (AvgIpc) is 2.17. The first-order chi connectivity index (χ1) is 6.95. The number of rotatable bonds is 3. The summed E-state index contributed by atoms with van der Waals surface area (Å²) < 4.78 is 23.3. The molecule has 0 aliphatic carbocycles. The van der Waals surface area contributed by atoms with Gasteiger partial charge in [-0.1, -0.05) is 18.2 Å². The summed E-state index contributed by atoms with van der Waals surface area (Å²) in [5.41, 5.74) is 0.0185. The van der Waals surface area contributed by atoms with Gasteiger partial charge in [0.15, 0.2) is 9.84 Å². The summed E-state index contributed by atoms with van der Waals surface area (Å²) in [5.74, 6) is -0.356. The zero-order chi connectivity index (χ0) is 11.5. The van der Waals surface area contributed by atoms with E-state index in [2.05, 4.69) is 6.58 Å². The lowest BCUT2D eigenvalue weighted by atomic mass is 10.4. The first-order valence-corrected chi connectivity index (χ1v) is 6.05. The molecule has 0 heterocycles. The molecule has 0 N–H and O–H groups in total. The van der Waals surface area contributed by atoms with Crippen molar-refractivity contribution in [3.8, 4) is 6.07 Å². The first kappa shape index (κ1) is 11.8. The van der Waals surface area contributed by atoms with Crippen LogP contribution in [-0.4, -0.2) is 14.2 Å². The molecule has 0 fully saturated rings. The molecule has 1 rings (SSSR count). The van der Waals surface area contributed by atoms with Gasteiger partial charge in [-0.3, -0.25) is 0 Å². The second-order valence-corrected chi connectivity index (χ2v) is 5.35. The highest BCUT2D eigenvalue weighted by Gasteiger charge is 2.15. The number of nitrogens with zero attached hydrogens (tertiary/aromatic N) is 1. The second-order valence-electron chi connectivity index (χ2n) is 2.93. The van der Waals surface area contributed by atoms with Crippen LogP contribution in [0.3, 0.4) is 0 Å². The van der Waals surface area contributed by atoms with E-state index in [1.807, 2.05) is 0 Å². The highest BCUT2D eigenvalue weighted by Crippen LogP contribution is 2.16. The molecule has 15 heavy (non-hydrogen) atoms. The summed E-state index contributed by atoms with van der Waals surface area (Å²) in [6, 6.07) is 7.49. The van der Waals surface area contributed by atoms with E-state index in [9.17, 15) is 8.42 Å². The molecule has 0 saturated carbocycles. The summed E-state index contributed by atoms with van der Waals surface area (Å²) in [6.45, 7) is 3.34. The van der Waals surface area contributed by atoms with Crippen LogP contribution in [-0.2, 0) is 9.84 Å². The lowest BCUT2D eigenvalue weighted by molar-refractivity contribution is 0.598. The van der Waals surface area contributed by atoms with E-state index in [0.717, 1.165) is 0 Å². The Bertz CT molecular complexity index is 511. The fourth-order valence-corrected chi connectivity index (χ4v) is 2.35. The molecule has 1 aromatic carbocycles. The van der Waals surface area contributed by atoms with E-state index in [1.54, 1.807) is 6.07 Å². The third kappa shape index (κ3) is 3.08. The fraction of sp³-hybridized carbons (Fsp3) is 0.100. The van der Waals surface area contributed by atoms with Crippen molar-refractivity contribution < 1.29 is 8.42 Å². The van der Waals surface area contributed by atoms with Crippen molar-refractivity contribution in [1.29, 1.82) is 5.26 Å². The van der Waals surface area contributed by atoms with Crippen molar-refractivity contribution in [1.82, 2.24) is 0 Å². The summed E-state index contributed by atoms with van der Waals surface area (Å²) in [6.07, 6.45) is 0. The minimum absolute atomic E-state index is 0.0185. The van der Waals surface area contributed by atoms with E-state index >= 15 is 0 Å². The molecular weight excluding hydrogens is 234 g/mol. The normalized spacial score (nSPS) is 10.7. The van der Waals surface area contributed by atoms with Crippen LogP contribution < -0.4 is 0 Å². The van der Waals surface area contributed by atoms with Gasteiger partial charge in [-0.25, -0.2) is 8.42 Å². The summed E-state index contributed by atoms with van der Waals surface area (Å²) in [7, 11) is -3.47. The zero-order valence-electron chi connectivity index (χ0n) is 7.77. The molecule has 3 nitrogen and oxygen atoms in total. The number of halogens is 1. The predicted molar refractivity (Wildman–Crippen MR) is 58.3 cm³/mol. The van der Waals surface area contributed by atoms with E-state index in [0.29, 0.717) is 5.02 Å². The molecule has 78 valence electrons. The molecule has 0 saturated heterocycles. The standard InChI is InChI=1S/C10H8ClNO2S/c1-8(6-12)7-15(13,14)10-4-2-9(11)3-5-10/h2-5H,1,7H2. The zero-order valence-corrected chi connectivity index (χ0v) is 9.35. The van der Waals surface area contributed by atoms with Crippen molar-refractivity contribution in [2.45, 2.75) is 4.90 Å². The van der Waals surface area contributed by atoms with Crippen molar-refractivity contribution in [2.24, 2.45) is 0 Å². The van der Waals surface area contributed by atoms with Crippen LogP contribution >= 0.6 is 11.6 Å². The maximum absolute atomic E-state index is 11.7. The van der Waals surface area contributed by atoms with Gasteiger partial charge < -0.3 is 0 Å². The van der Waals surface area contributed by atoms with Crippen LogP contribution in [0.4, 0.5) is 0 Å². The Balaban J connectivity index is 3.03. The molecule has 0 aliphatic rings. The summed E-state index contributed by atoms with van der Waals surface area (Å²) in [5, 5.41) is 8.92. The van der Waals surface area contributed by atoms with Gasteiger partial charge in [0.1, 0.15) is 0 Å². The summed E-state index contributed by atoms with van der Waals surface area (Å²) in [4.78, 5) is 0.142. The quantitative estimate of drug-likeness (QED) is 0.763. The number of hydrogen-bond acceptors (Lipinski definition) is 3. The maximum atomic E-state index is 11.7. The molecule has 0 aromatic heterocycles.